The van der Waals surface area contributed by atoms with E-state index in [-0.39, 0.29) is 0 Å². The van der Waals surface area contributed by atoms with Crippen LogP contribution in [0.4, 0.5) is 11.4 Å². The zero-order chi connectivity index (χ0) is 14.7. The van der Waals surface area contributed by atoms with Gasteiger partial charge in [-0.15, -0.1) is 0 Å². The molecule has 2 rings (SSSR count). The number of anilines is 2. The van der Waals surface area contributed by atoms with E-state index < -0.39 is 0 Å². The van der Waals surface area contributed by atoms with Crippen LogP contribution in [0.3, 0.4) is 0 Å². The van der Waals surface area contributed by atoms with E-state index in [1.54, 1.807) is 18.2 Å². The molecule has 0 saturated heterocycles. The van der Waals surface area contributed by atoms with Crippen LogP contribution in [-0.2, 0) is 0 Å². The van der Waals surface area contributed by atoms with E-state index in [1.165, 1.54) is 0 Å². The van der Waals surface area contributed by atoms with Crippen molar-refractivity contribution in [3.05, 3.63) is 55.4 Å². The summed E-state index contributed by atoms with van der Waals surface area (Å²) in [5.41, 5.74) is 1.55. The summed E-state index contributed by atoms with van der Waals surface area (Å²) in [6.07, 6.45) is 0. The quantitative estimate of drug-likeness (QED) is 0.518. The number of thiocarbonyl (C=S) groups is 1. The Kier molecular flexibility index (Phi) is 5.69. The van der Waals surface area contributed by atoms with Crippen molar-refractivity contribution in [2.45, 2.75) is 0 Å². The Morgan fingerprint density at radius 2 is 1.60 bits per heavy atom. The predicted octanol–water partition coefficient (Wildman–Crippen LogP) is 6.33. The lowest BCUT2D eigenvalue weighted by atomic mass is 10.3. The van der Waals surface area contributed by atoms with Crippen molar-refractivity contribution in [3.8, 4) is 0 Å². The minimum atomic E-state index is 0.442. The van der Waals surface area contributed by atoms with Crippen molar-refractivity contribution in [2.24, 2.45) is 0 Å². The summed E-state index contributed by atoms with van der Waals surface area (Å²) in [5.74, 6) is 0. The van der Waals surface area contributed by atoms with Gasteiger partial charge in [0.15, 0.2) is 5.11 Å². The van der Waals surface area contributed by atoms with Crippen molar-refractivity contribution < 1.29 is 0 Å². The first-order valence-corrected chi connectivity index (χ1v) is 8.19. The summed E-state index contributed by atoms with van der Waals surface area (Å²) in [7, 11) is 0. The van der Waals surface area contributed by atoms with Gasteiger partial charge < -0.3 is 10.6 Å². The van der Waals surface area contributed by atoms with Gasteiger partial charge in [-0.1, -0.05) is 39.1 Å². The first-order chi connectivity index (χ1) is 9.45. The van der Waals surface area contributed by atoms with Crippen LogP contribution in [-0.4, -0.2) is 5.11 Å². The van der Waals surface area contributed by atoms with Crippen LogP contribution in [0.25, 0.3) is 0 Å². The third kappa shape index (κ3) is 4.33. The van der Waals surface area contributed by atoms with E-state index in [0.29, 0.717) is 20.8 Å². The lowest BCUT2D eigenvalue weighted by molar-refractivity contribution is 1.55. The zero-order valence-electron chi connectivity index (χ0n) is 9.88. The van der Waals surface area contributed by atoms with Gasteiger partial charge in [0.2, 0.25) is 0 Å². The number of rotatable bonds is 2. The van der Waals surface area contributed by atoms with E-state index in [2.05, 4.69) is 42.5 Å². The van der Waals surface area contributed by atoms with Crippen LogP contribution in [0.1, 0.15) is 0 Å². The Morgan fingerprint density at radius 3 is 2.25 bits per heavy atom. The Balaban J connectivity index is 2.09. The molecule has 2 aromatic rings. The third-order valence-corrected chi connectivity index (χ3v) is 4.26. The lowest BCUT2D eigenvalue weighted by Crippen LogP contribution is -2.19. The molecule has 104 valence electrons. The highest BCUT2D eigenvalue weighted by molar-refractivity contribution is 9.11. The topological polar surface area (TPSA) is 24.1 Å². The fraction of sp³-hybridized carbons (Fsp3) is 0. The van der Waals surface area contributed by atoms with Crippen molar-refractivity contribution in [2.75, 3.05) is 10.6 Å². The normalized spacial score (nSPS) is 10.2. The average molecular weight is 455 g/mol. The first kappa shape index (κ1) is 16.0. The number of hydrogen-bond donors (Lipinski definition) is 2. The number of benzene rings is 2. The smallest absolute Gasteiger partial charge is 0.175 e. The maximum atomic E-state index is 6.08. The van der Waals surface area contributed by atoms with E-state index in [1.807, 2.05) is 18.2 Å². The highest BCUT2D eigenvalue weighted by Gasteiger charge is 2.06. The molecule has 0 heterocycles. The molecular weight excluding hydrogens is 447 g/mol. The first-order valence-electron chi connectivity index (χ1n) is 5.44. The van der Waals surface area contributed by atoms with Crippen LogP contribution in [0.2, 0.25) is 10.0 Å². The zero-order valence-corrected chi connectivity index (χ0v) is 15.4. The maximum Gasteiger partial charge on any atom is 0.175 e. The van der Waals surface area contributed by atoms with Crippen molar-refractivity contribution in [3.63, 3.8) is 0 Å². The summed E-state index contributed by atoms with van der Waals surface area (Å²) in [5, 5.41) is 7.64. The molecule has 0 fully saturated rings. The molecule has 0 bridgehead atoms. The van der Waals surface area contributed by atoms with Gasteiger partial charge >= 0.3 is 0 Å². The fourth-order valence-corrected chi connectivity index (χ4v) is 3.28. The summed E-state index contributed by atoms with van der Waals surface area (Å²) in [4.78, 5) is 0. The second-order valence-corrected chi connectivity index (χ2v) is 6.85. The summed E-state index contributed by atoms with van der Waals surface area (Å²) in [6, 6.07) is 10.9. The molecule has 0 atom stereocenters. The maximum absolute atomic E-state index is 6.08. The monoisotopic (exact) mass is 452 g/mol. The molecule has 0 aliphatic rings. The molecule has 2 N–H and O–H groups in total. The van der Waals surface area contributed by atoms with E-state index in [4.69, 9.17) is 35.4 Å². The highest BCUT2D eigenvalue weighted by Crippen LogP contribution is 2.28. The second-order valence-electron chi connectivity index (χ2n) is 3.83. The van der Waals surface area contributed by atoms with E-state index in [0.717, 1.165) is 14.6 Å². The summed E-state index contributed by atoms with van der Waals surface area (Å²) >= 11 is 24.0. The highest BCUT2D eigenvalue weighted by atomic mass is 79.9. The predicted molar refractivity (Wildman–Crippen MR) is 98.1 cm³/mol. The lowest BCUT2D eigenvalue weighted by Gasteiger charge is -2.13. The molecular formula is C13H8Br2Cl2N2S. The van der Waals surface area contributed by atoms with Gasteiger partial charge in [-0.05, 0) is 64.5 Å². The van der Waals surface area contributed by atoms with Gasteiger partial charge in [0.1, 0.15) is 0 Å². The van der Waals surface area contributed by atoms with Gasteiger partial charge in [0.25, 0.3) is 0 Å². The molecule has 0 saturated carbocycles. The number of hydrogen-bond acceptors (Lipinski definition) is 1. The molecule has 0 aromatic heterocycles. The Labute approximate surface area is 149 Å². The van der Waals surface area contributed by atoms with Gasteiger partial charge in [0.05, 0.1) is 16.4 Å². The molecule has 0 aliphatic heterocycles. The Hall–Kier alpha value is -0.330. The van der Waals surface area contributed by atoms with Gasteiger partial charge in [-0.25, -0.2) is 0 Å². The average Bonchev–Trinajstić information content (AvgIpc) is 2.36. The van der Waals surface area contributed by atoms with Crippen LogP contribution in [0, 0.1) is 0 Å². The molecule has 0 spiro atoms. The Bertz CT molecular complexity index is 609. The SMILES string of the molecule is S=C(Nc1ccc(Cl)cc1Cl)Nc1ccc(Br)cc1Br. The minimum absolute atomic E-state index is 0.442. The van der Waals surface area contributed by atoms with Crippen molar-refractivity contribution >= 4 is 83.8 Å². The fourth-order valence-electron chi connectivity index (χ4n) is 1.46. The second kappa shape index (κ2) is 7.09. The standard InChI is InChI=1S/C13H8Br2Cl2N2S/c14-7-1-3-11(9(15)5-7)18-13(20)19-12-4-2-8(16)6-10(12)17/h1-6H,(H2,18,19,20). The van der Waals surface area contributed by atoms with Gasteiger partial charge in [-0.3, -0.25) is 0 Å². The molecule has 2 aromatic carbocycles. The van der Waals surface area contributed by atoms with Gasteiger partial charge in [-0.2, -0.15) is 0 Å². The van der Waals surface area contributed by atoms with Crippen LogP contribution < -0.4 is 10.6 Å². The molecule has 20 heavy (non-hydrogen) atoms. The number of halogens is 4. The molecule has 7 heteroatoms. The van der Waals surface area contributed by atoms with Crippen LogP contribution in [0.15, 0.2) is 45.3 Å². The van der Waals surface area contributed by atoms with E-state index in [9.17, 15) is 0 Å². The molecule has 2 nitrogen and oxygen atoms in total. The molecule has 0 radical (unpaired) electrons. The van der Waals surface area contributed by atoms with Crippen molar-refractivity contribution in [1.29, 1.82) is 0 Å². The summed E-state index contributed by atoms with van der Waals surface area (Å²) in [6.45, 7) is 0. The number of nitrogens with one attached hydrogen (secondary N) is 2. The van der Waals surface area contributed by atoms with Gasteiger partial charge in [0, 0.05) is 14.0 Å². The Morgan fingerprint density at radius 1 is 0.950 bits per heavy atom. The van der Waals surface area contributed by atoms with Crippen LogP contribution >= 0.6 is 67.3 Å². The van der Waals surface area contributed by atoms with E-state index >= 15 is 0 Å². The molecule has 0 aliphatic carbocycles. The molecule has 0 unspecified atom stereocenters. The molecule has 0 amide bonds. The largest absolute Gasteiger partial charge is 0.332 e. The minimum Gasteiger partial charge on any atom is -0.332 e. The summed E-state index contributed by atoms with van der Waals surface area (Å²) < 4.78 is 1.88. The third-order valence-electron chi connectivity index (χ3n) is 2.36. The van der Waals surface area contributed by atoms with Crippen LogP contribution in [0.5, 0.6) is 0 Å². The van der Waals surface area contributed by atoms with Crippen molar-refractivity contribution in [1.82, 2.24) is 0 Å².